The molecule has 0 saturated carbocycles. The van der Waals surface area contributed by atoms with Crippen LogP contribution in [0.3, 0.4) is 0 Å². The molecule has 3 nitrogen and oxygen atoms in total. The fraction of sp³-hybridized carbons (Fsp3) is 0.0286. The SMILES string of the molecule is c1ccc(-c2ccc3c(c2)B2c4cc5c(cc4N(c4ccc6c(c4)-c4ccccc4C64c6ccccc6-c6ccccc64)c4cc(-n6c7ccccc7c7ccccc76)cc(c42)N3c2ccc3c(c2)-c2ccccc2C32c3ccccc3-c3ccccc32)C2(c3ccccc3-c3ccccc32)c2ccccc2-5)cc1. The van der Waals surface area contributed by atoms with Crippen molar-refractivity contribution in [1.82, 2.24) is 4.57 Å². The van der Waals surface area contributed by atoms with Gasteiger partial charge in [0.2, 0.25) is 0 Å². The molecule has 17 aromatic carbocycles. The molecule has 18 aromatic rings. The molecule has 2 aliphatic heterocycles. The number of benzene rings is 17. The first-order valence-corrected chi connectivity index (χ1v) is 38.4. The van der Waals surface area contributed by atoms with Crippen LogP contribution in [0.25, 0.3) is 105 Å². The lowest BCUT2D eigenvalue weighted by molar-refractivity contribution is 0.793. The van der Waals surface area contributed by atoms with Crippen molar-refractivity contribution in [3.05, 3.63) is 443 Å². The van der Waals surface area contributed by atoms with Gasteiger partial charge in [-0.15, -0.1) is 0 Å². The summed E-state index contributed by atoms with van der Waals surface area (Å²) in [7, 11) is 0. The number of anilines is 6. The Morgan fingerprint density at radius 1 is 0.193 bits per heavy atom. The smallest absolute Gasteiger partial charge is 0.252 e. The molecule has 0 bridgehead atoms. The largest absolute Gasteiger partial charge is 0.311 e. The topological polar surface area (TPSA) is 11.4 Å². The van der Waals surface area contributed by atoms with E-state index in [0.29, 0.717) is 0 Å². The average molecular weight is 1380 g/mol. The summed E-state index contributed by atoms with van der Waals surface area (Å²) < 4.78 is 2.56. The van der Waals surface area contributed by atoms with E-state index in [1.807, 2.05) is 0 Å². The first-order chi connectivity index (χ1) is 54.1. The first-order valence-electron chi connectivity index (χ1n) is 38.4. The molecule has 0 fully saturated rings. The van der Waals surface area contributed by atoms with Gasteiger partial charge in [0, 0.05) is 44.9 Å². The van der Waals surface area contributed by atoms with Gasteiger partial charge in [-0.05, 0) is 222 Å². The van der Waals surface area contributed by atoms with Crippen LogP contribution in [0.2, 0.25) is 0 Å². The van der Waals surface area contributed by atoms with E-state index in [9.17, 15) is 0 Å². The molecule has 8 aliphatic rings. The predicted molar refractivity (Wildman–Crippen MR) is 449 cm³/mol. The molecule has 500 valence electrons. The van der Waals surface area contributed by atoms with Crippen LogP contribution in [0.1, 0.15) is 66.8 Å². The summed E-state index contributed by atoms with van der Waals surface area (Å²) in [6, 6.07) is 146. The van der Waals surface area contributed by atoms with Crippen molar-refractivity contribution < 1.29 is 0 Å². The highest BCUT2D eigenvalue weighted by molar-refractivity contribution is 7.00. The van der Waals surface area contributed by atoms with Crippen LogP contribution in [0, 0.1) is 0 Å². The van der Waals surface area contributed by atoms with Gasteiger partial charge in [-0.1, -0.05) is 315 Å². The van der Waals surface area contributed by atoms with Gasteiger partial charge in [0.15, 0.2) is 0 Å². The summed E-state index contributed by atoms with van der Waals surface area (Å²) in [6.45, 7) is -0.245. The van der Waals surface area contributed by atoms with E-state index in [0.717, 1.165) is 45.2 Å². The number of aromatic nitrogens is 1. The quantitative estimate of drug-likeness (QED) is 0.163. The molecular weight excluding hydrogens is 1310 g/mol. The number of nitrogens with zero attached hydrogens (tertiary/aromatic N) is 3. The van der Waals surface area contributed by atoms with Crippen LogP contribution in [-0.4, -0.2) is 11.3 Å². The first kappa shape index (κ1) is 58.5. The van der Waals surface area contributed by atoms with Crippen LogP contribution < -0.4 is 26.2 Å². The second-order valence-electron chi connectivity index (χ2n) is 31.1. The van der Waals surface area contributed by atoms with E-state index in [2.05, 4.69) is 390 Å². The molecule has 0 unspecified atom stereocenters. The minimum atomic E-state index is -0.613. The highest BCUT2D eigenvalue weighted by atomic mass is 15.2. The maximum Gasteiger partial charge on any atom is 0.252 e. The van der Waals surface area contributed by atoms with Gasteiger partial charge in [0.25, 0.3) is 6.71 Å². The minimum absolute atomic E-state index is 0.245. The number of hydrogen-bond acceptors (Lipinski definition) is 2. The molecule has 0 N–H and O–H groups in total. The second-order valence-corrected chi connectivity index (χ2v) is 31.1. The zero-order valence-corrected chi connectivity index (χ0v) is 59.2. The van der Waals surface area contributed by atoms with Crippen molar-refractivity contribution in [3.63, 3.8) is 0 Å². The van der Waals surface area contributed by atoms with Crippen LogP contribution in [0.5, 0.6) is 0 Å². The van der Waals surface area contributed by atoms with E-state index in [-0.39, 0.29) is 6.71 Å². The van der Waals surface area contributed by atoms with E-state index >= 15 is 0 Å². The van der Waals surface area contributed by atoms with Crippen LogP contribution >= 0.6 is 0 Å². The van der Waals surface area contributed by atoms with E-state index in [1.54, 1.807) is 0 Å². The fourth-order valence-corrected chi connectivity index (χ4v) is 22.7. The van der Waals surface area contributed by atoms with E-state index in [4.69, 9.17) is 0 Å². The predicted octanol–water partition coefficient (Wildman–Crippen LogP) is 23.6. The van der Waals surface area contributed by atoms with E-state index < -0.39 is 16.2 Å². The number of hydrogen-bond donors (Lipinski definition) is 0. The Balaban J connectivity index is 0.809. The highest BCUT2D eigenvalue weighted by Crippen LogP contribution is 2.68. The van der Waals surface area contributed by atoms with Gasteiger partial charge in [-0.25, -0.2) is 0 Å². The van der Waals surface area contributed by atoms with Gasteiger partial charge < -0.3 is 14.4 Å². The maximum atomic E-state index is 2.73. The number of fused-ring (bicyclic) bond motifs is 37. The van der Waals surface area contributed by atoms with Crippen molar-refractivity contribution in [2.24, 2.45) is 0 Å². The van der Waals surface area contributed by atoms with Crippen molar-refractivity contribution >= 4 is 79.0 Å². The lowest BCUT2D eigenvalue weighted by atomic mass is 9.33. The Kier molecular flexibility index (Phi) is 11.2. The third kappa shape index (κ3) is 7.00. The third-order valence-corrected chi connectivity index (χ3v) is 26.6. The molecule has 6 aliphatic carbocycles. The van der Waals surface area contributed by atoms with Crippen LogP contribution in [0.15, 0.2) is 376 Å². The van der Waals surface area contributed by atoms with Gasteiger partial charge >= 0.3 is 0 Å². The van der Waals surface area contributed by atoms with Gasteiger partial charge in [0.05, 0.1) is 33.0 Å². The molecule has 3 spiro atoms. The number of para-hydroxylation sites is 2. The molecule has 0 saturated heterocycles. The Hall–Kier alpha value is -13.8. The summed E-state index contributed by atoms with van der Waals surface area (Å²) in [5.74, 6) is 0. The normalized spacial score (nSPS) is 15.0. The fourth-order valence-electron chi connectivity index (χ4n) is 22.7. The van der Waals surface area contributed by atoms with Crippen LogP contribution in [-0.2, 0) is 16.2 Å². The summed E-state index contributed by atoms with van der Waals surface area (Å²) in [5.41, 5.74) is 46.1. The summed E-state index contributed by atoms with van der Waals surface area (Å²) >= 11 is 0. The molecule has 0 amide bonds. The molecule has 0 atom stereocenters. The molecule has 4 heteroatoms. The van der Waals surface area contributed by atoms with Crippen molar-refractivity contribution in [1.29, 1.82) is 0 Å². The maximum absolute atomic E-state index is 2.73. The van der Waals surface area contributed by atoms with Crippen molar-refractivity contribution in [2.75, 3.05) is 9.80 Å². The molecule has 3 heterocycles. The molecule has 109 heavy (non-hydrogen) atoms. The Bertz CT molecular complexity index is 6980. The molecule has 1 aromatic heterocycles. The minimum Gasteiger partial charge on any atom is -0.311 e. The van der Waals surface area contributed by atoms with Crippen LogP contribution in [0.4, 0.5) is 34.1 Å². The Labute approximate surface area is 631 Å². The standard InChI is InChI=1S/C105H62BN3/c1-2-26-63(27-3-1)64-50-55-98-94(56-64)106-95-61-81-76-36-12-23-47-90(76)105(86-43-19-8-32-72(86)73-33-9-20-44-87(73)105)93(81)62-99(95)108(66-52-54-92-80(58-66)75-35-11-22-46-89(75)104(92)84-41-17-6-30-70(84)71-31-7-18-42-85(71)104)101-60-67(109-96-48-24-13-37-77(96)78-38-14-25-49-97(78)109)59-100(102(101)106)107(98)65-51-53-91-79(57-65)74-34-10-21-45-88(74)103(91)82-39-15-4-28-68(82)69-29-5-16-40-83(69)103/h1-62H. The lowest BCUT2D eigenvalue weighted by Gasteiger charge is -2.45. The van der Waals surface area contributed by atoms with Crippen molar-refractivity contribution in [2.45, 2.75) is 16.2 Å². The van der Waals surface area contributed by atoms with Crippen molar-refractivity contribution in [3.8, 4) is 83.6 Å². The Morgan fingerprint density at radius 2 is 0.514 bits per heavy atom. The van der Waals surface area contributed by atoms with E-state index in [1.165, 1.54) is 177 Å². The van der Waals surface area contributed by atoms with Gasteiger partial charge in [-0.3, -0.25) is 0 Å². The Morgan fingerprint density at radius 3 is 0.927 bits per heavy atom. The highest BCUT2D eigenvalue weighted by Gasteiger charge is 2.57. The second kappa shape index (κ2) is 20.8. The average Bonchev–Trinajstić information content (AvgIpc) is 1.56. The molecule has 26 rings (SSSR count). The lowest BCUT2D eigenvalue weighted by Crippen LogP contribution is -2.61. The summed E-state index contributed by atoms with van der Waals surface area (Å²) in [5, 5.41) is 2.44. The number of rotatable bonds is 4. The van der Waals surface area contributed by atoms with Gasteiger partial charge in [-0.2, -0.15) is 0 Å². The zero-order valence-electron chi connectivity index (χ0n) is 59.2. The monoisotopic (exact) mass is 1380 g/mol. The summed E-state index contributed by atoms with van der Waals surface area (Å²) in [6.07, 6.45) is 0. The zero-order chi connectivity index (χ0) is 70.7. The molecular formula is C105H62BN3. The summed E-state index contributed by atoms with van der Waals surface area (Å²) in [4.78, 5) is 5.41. The third-order valence-electron chi connectivity index (χ3n) is 26.6. The molecule has 0 radical (unpaired) electrons. The van der Waals surface area contributed by atoms with Gasteiger partial charge in [0.1, 0.15) is 0 Å².